The molecule has 9 heteroatoms. The summed E-state index contributed by atoms with van der Waals surface area (Å²) in [7, 11) is 0. The first kappa shape index (κ1) is 14.6. The molecule has 122 valence electrons. The van der Waals surface area contributed by atoms with Crippen LogP contribution in [0.5, 0.6) is 0 Å². The minimum Gasteiger partial charge on any atom is -0.288 e. The van der Waals surface area contributed by atoms with Gasteiger partial charge < -0.3 is 0 Å². The molecule has 0 unspecified atom stereocenters. The van der Waals surface area contributed by atoms with Crippen LogP contribution in [0.1, 0.15) is 22.4 Å². The van der Waals surface area contributed by atoms with Crippen molar-refractivity contribution in [2.24, 2.45) is 4.99 Å². The zero-order valence-electron chi connectivity index (χ0n) is 12.3. The summed E-state index contributed by atoms with van der Waals surface area (Å²) < 4.78 is 40.8. The quantitative estimate of drug-likeness (QED) is 0.743. The van der Waals surface area contributed by atoms with Crippen LogP contribution in [-0.4, -0.2) is 26.0 Å². The van der Waals surface area contributed by atoms with Crippen LogP contribution in [0.4, 0.5) is 13.2 Å². The Kier molecular flexibility index (Phi) is 2.90. The van der Waals surface area contributed by atoms with Crippen LogP contribution in [0.25, 0.3) is 16.6 Å². The van der Waals surface area contributed by atoms with Crippen molar-refractivity contribution in [1.82, 2.24) is 19.8 Å². The Morgan fingerprint density at radius 3 is 2.83 bits per heavy atom. The summed E-state index contributed by atoms with van der Waals surface area (Å²) >= 11 is 0. The molecule has 0 amide bonds. The van der Waals surface area contributed by atoms with E-state index in [1.54, 1.807) is 13.1 Å². The number of nitrogens with zero attached hydrogens (tertiary/aromatic N) is 4. The highest BCUT2D eigenvalue weighted by molar-refractivity contribution is 5.98. The third kappa shape index (κ3) is 2.04. The number of hydrogen-bond acceptors (Lipinski definition) is 4. The molecule has 6 nitrogen and oxygen atoms in total. The van der Waals surface area contributed by atoms with Crippen molar-refractivity contribution in [1.29, 1.82) is 0 Å². The molecule has 0 saturated carbocycles. The smallest absolute Gasteiger partial charge is 0.288 e. The summed E-state index contributed by atoms with van der Waals surface area (Å²) in [6.45, 7) is 1.84. The molecule has 3 heterocycles. The molecule has 4 rings (SSSR count). The lowest BCUT2D eigenvalue weighted by Crippen LogP contribution is -2.18. The number of aromatic nitrogens is 4. The van der Waals surface area contributed by atoms with Crippen LogP contribution in [0.3, 0.4) is 0 Å². The number of hydrogen-bond donors (Lipinski definition) is 1. The molecule has 0 spiro atoms. The van der Waals surface area contributed by atoms with Crippen LogP contribution in [0.2, 0.25) is 0 Å². The van der Waals surface area contributed by atoms with E-state index < -0.39 is 17.4 Å². The Morgan fingerprint density at radius 2 is 2.08 bits per heavy atom. The number of benzene rings is 1. The number of aromatic amines is 1. The minimum atomic E-state index is -4.47. The largest absolute Gasteiger partial charge is 0.416 e. The molecule has 0 atom stereocenters. The first-order chi connectivity index (χ1) is 11.4. The monoisotopic (exact) mass is 333 g/mol. The molecule has 0 bridgehead atoms. The predicted molar refractivity (Wildman–Crippen MR) is 80.1 cm³/mol. The van der Waals surface area contributed by atoms with Gasteiger partial charge in [0.15, 0.2) is 0 Å². The van der Waals surface area contributed by atoms with E-state index in [-0.39, 0.29) is 6.54 Å². The second-order valence-corrected chi connectivity index (χ2v) is 5.50. The molecule has 1 N–H and O–H groups in total. The Labute approximate surface area is 132 Å². The van der Waals surface area contributed by atoms with E-state index in [0.717, 1.165) is 16.6 Å². The van der Waals surface area contributed by atoms with Gasteiger partial charge in [0.05, 0.1) is 24.0 Å². The van der Waals surface area contributed by atoms with Crippen molar-refractivity contribution in [2.45, 2.75) is 19.6 Å². The van der Waals surface area contributed by atoms with Crippen molar-refractivity contribution in [3.63, 3.8) is 0 Å². The molecule has 24 heavy (non-hydrogen) atoms. The summed E-state index contributed by atoms with van der Waals surface area (Å²) in [5, 5.41) is 10.1. The number of fused-ring (bicyclic) bond motifs is 2. The van der Waals surface area contributed by atoms with E-state index >= 15 is 0 Å². The average molecular weight is 333 g/mol. The minimum absolute atomic E-state index is 0.198. The van der Waals surface area contributed by atoms with E-state index in [0.29, 0.717) is 33.5 Å². The fourth-order valence-electron chi connectivity index (χ4n) is 2.95. The Hall–Kier alpha value is -2.97. The molecule has 1 aliphatic rings. The Morgan fingerprint density at radius 1 is 1.29 bits per heavy atom. The van der Waals surface area contributed by atoms with Crippen molar-refractivity contribution in [3.8, 4) is 11.1 Å². The number of halogens is 3. The highest BCUT2D eigenvalue weighted by atomic mass is 19.4. The van der Waals surface area contributed by atoms with E-state index in [4.69, 9.17) is 0 Å². The maximum atomic E-state index is 13.2. The number of alkyl halides is 3. The number of aliphatic imine (C=N–C) groups is 1. The lowest BCUT2D eigenvalue weighted by atomic mass is 9.93. The molecule has 2 aromatic heterocycles. The van der Waals surface area contributed by atoms with Gasteiger partial charge in [0.25, 0.3) is 0 Å². The number of nitrogens with one attached hydrogen (secondary N) is 1. The van der Waals surface area contributed by atoms with Crippen LogP contribution < -0.4 is 5.69 Å². The van der Waals surface area contributed by atoms with Crippen LogP contribution in [0.15, 0.2) is 28.1 Å². The predicted octanol–water partition coefficient (Wildman–Crippen LogP) is 2.34. The van der Waals surface area contributed by atoms with Crippen LogP contribution in [0, 0.1) is 6.92 Å². The van der Waals surface area contributed by atoms with Crippen molar-refractivity contribution in [2.75, 3.05) is 0 Å². The van der Waals surface area contributed by atoms with Gasteiger partial charge in [0, 0.05) is 17.3 Å². The molecule has 1 aliphatic heterocycles. The summed E-state index contributed by atoms with van der Waals surface area (Å²) in [6, 6.07) is 2.18. The lowest BCUT2D eigenvalue weighted by molar-refractivity contribution is -0.137. The van der Waals surface area contributed by atoms with Crippen LogP contribution in [-0.2, 0) is 12.7 Å². The molecule has 1 aromatic carbocycles. The summed E-state index contributed by atoms with van der Waals surface area (Å²) in [6.07, 6.45) is -1.55. The van der Waals surface area contributed by atoms with Crippen molar-refractivity contribution in [3.05, 3.63) is 51.2 Å². The summed E-state index contributed by atoms with van der Waals surface area (Å²) in [4.78, 5) is 15.9. The molecular weight excluding hydrogens is 323 g/mol. The molecular formula is C15H10F3N5O. The zero-order valence-corrected chi connectivity index (χ0v) is 12.3. The number of aryl methyl sites for hydroxylation is 1. The van der Waals surface area contributed by atoms with Gasteiger partial charge in [-0.3, -0.25) is 4.99 Å². The number of rotatable bonds is 1. The van der Waals surface area contributed by atoms with Gasteiger partial charge in [-0.25, -0.2) is 9.89 Å². The topological polar surface area (TPSA) is 75.4 Å². The van der Waals surface area contributed by atoms with Gasteiger partial charge in [0.2, 0.25) is 0 Å². The molecule has 0 fully saturated rings. The van der Waals surface area contributed by atoms with Crippen molar-refractivity contribution < 1.29 is 13.2 Å². The van der Waals surface area contributed by atoms with Gasteiger partial charge >= 0.3 is 11.9 Å². The standard InChI is InChI=1S/C15H10F3N5O/c1-7-13(12-6-20-21-14(24)23(12)22-7)10-3-9(15(16,17)18)2-8-4-19-5-11(8)10/h2-3,5-6H,4H2,1H3,(H,21,24). The van der Waals surface area contributed by atoms with Gasteiger partial charge in [0.1, 0.15) is 5.52 Å². The van der Waals surface area contributed by atoms with E-state index in [2.05, 4.69) is 20.3 Å². The fraction of sp³-hybridized carbons (Fsp3) is 0.200. The molecule has 3 aromatic rings. The third-order valence-corrected chi connectivity index (χ3v) is 3.98. The van der Waals surface area contributed by atoms with Gasteiger partial charge in [-0.05, 0) is 30.2 Å². The molecule has 0 saturated heterocycles. The van der Waals surface area contributed by atoms with Crippen molar-refractivity contribution >= 4 is 11.7 Å². The summed E-state index contributed by atoms with van der Waals surface area (Å²) in [5.41, 5.74) is 1.38. The highest BCUT2D eigenvalue weighted by Gasteiger charge is 2.33. The normalized spacial score (nSPS) is 13.7. The summed E-state index contributed by atoms with van der Waals surface area (Å²) in [5.74, 6) is 0. The van der Waals surface area contributed by atoms with Gasteiger partial charge in [-0.1, -0.05) is 0 Å². The number of H-pyrrole nitrogens is 1. The highest BCUT2D eigenvalue weighted by Crippen LogP contribution is 2.39. The first-order valence-corrected chi connectivity index (χ1v) is 7.03. The second-order valence-electron chi connectivity index (χ2n) is 5.50. The lowest BCUT2D eigenvalue weighted by Gasteiger charge is -2.13. The zero-order chi connectivity index (χ0) is 17.1. The van der Waals surface area contributed by atoms with Gasteiger partial charge in [-0.15, -0.1) is 0 Å². The molecule has 0 aliphatic carbocycles. The van der Waals surface area contributed by atoms with Crippen LogP contribution >= 0.6 is 0 Å². The first-order valence-electron chi connectivity index (χ1n) is 7.03. The second kappa shape index (κ2) is 4.76. The Balaban J connectivity index is 2.10. The van der Waals surface area contributed by atoms with E-state index in [1.807, 2.05) is 0 Å². The Bertz CT molecular complexity index is 1060. The fourth-order valence-corrected chi connectivity index (χ4v) is 2.95. The molecule has 0 radical (unpaired) electrons. The van der Waals surface area contributed by atoms with E-state index in [9.17, 15) is 18.0 Å². The third-order valence-electron chi connectivity index (χ3n) is 3.98. The average Bonchev–Trinajstić information content (AvgIpc) is 3.10. The maximum Gasteiger partial charge on any atom is 0.416 e. The van der Waals surface area contributed by atoms with Gasteiger partial charge in [-0.2, -0.15) is 27.9 Å². The SMILES string of the molecule is Cc1nn2c(=O)[nH]ncc2c1-c1cc(C(F)(F)F)cc2c1C=NC2. The maximum absolute atomic E-state index is 13.2. The van der Waals surface area contributed by atoms with E-state index in [1.165, 1.54) is 6.20 Å².